The number of carbonyl (C=O) groups excluding carboxylic acids is 1. The highest BCUT2D eigenvalue weighted by molar-refractivity contribution is 5.82. The minimum Gasteiger partial charge on any atom is -0.480 e. The first-order valence-electron chi connectivity index (χ1n) is 9.35. The molecule has 130 valence electrons. The van der Waals surface area contributed by atoms with E-state index in [-0.39, 0.29) is 12.0 Å². The molecule has 3 unspecified atom stereocenters. The molecule has 0 saturated carbocycles. The number of hydrogen-bond acceptors (Lipinski definition) is 3. The Balaban J connectivity index is 1.32. The second kappa shape index (κ2) is 5.90. The summed E-state index contributed by atoms with van der Waals surface area (Å²) in [6.07, 6.45) is 9.50. The fourth-order valence-corrected chi connectivity index (χ4v) is 4.89. The van der Waals surface area contributed by atoms with E-state index in [0.717, 1.165) is 44.3 Å². The van der Waals surface area contributed by atoms with Crippen molar-refractivity contribution in [2.45, 2.75) is 62.8 Å². The first kappa shape index (κ1) is 15.0. The fourth-order valence-electron chi connectivity index (χ4n) is 4.89. The molecule has 0 spiro atoms. The molecular weight excluding hydrogens is 314 g/mol. The van der Waals surface area contributed by atoms with Crippen molar-refractivity contribution in [3.63, 3.8) is 0 Å². The SMILES string of the molecule is O=C(C1CCc2ccccc2O1)N1C2CCC1CC(n1cccn1)C2. The van der Waals surface area contributed by atoms with Gasteiger partial charge in [0.15, 0.2) is 6.10 Å². The van der Waals surface area contributed by atoms with E-state index in [1.165, 1.54) is 5.56 Å². The van der Waals surface area contributed by atoms with Gasteiger partial charge in [-0.2, -0.15) is 5.10 Å². The van der Waals surface area contributed by atoms with E-state index < -0.39 is 0 Å². The molecule has 3 aliphatic heterocycles. The summed E-state index contributed by atoms with van der Waals surface area (Å²) in [4.78, 5) is 15.3. The largest absolute Gasteiger partial charge is 0.480 e. The van der Waals surface area contributed by atoms with E-state index in [9.17, 15) is 4.79 Å². The van der Waals surface area contributed by atoms with Gasteiger partial charge >= 0.3 is 0 Å². The summed E-state index contributed by atoms with van der Waals surface area (Å²) in [7, 11) is 0. The van der Waals surface area contributed by atoms with E-state index in [0.29, 0.717) is 18.1 Å². The maximum absolute atomic E-state index is 13.2. The Bertz CT molecular complexity index is 759. The number of aromatic nitrogens is 2. The van der Waals surface area contributed by atoms with Gasteiger partial charge in [-0.3, -0.25) is 9.48 Å². The van der Waals surface area contributed by atoms with Crippen molar-refractivity contribution in [3.05, 3.63) is 48.3 Å². The number of hydrogen-bond donors (Lipinski definition) is 0. The summed E-state index contributed by atoms with van der Waals surface area (Å²) in [5.74, 6) is 1.08. The summed E-state index contributed by atoms with van der Waals surface area (Å²) in [5.41, 5.74) is 1.21. The van der Waals surface area contributed by atoms with E-state index in [2.05, 4.69) is 20.7 Å². The molecule has 2 bridgehead atoms. The van der Waals surface area contributed by atoms with Crippen LogP contribution in [-0.4, -0.2) is 38.8 Å². The summed E-state index contributed by atoms with van der Waals surface area (Å²) in [6, 6.07) is 11.2. The maximum atomic E-state index is 13.2. The third kappa shape index (κ3) is 2.53. The molecule has 0 aliphatic carbocycles. The molecule has 1 aromatic heterocycles. The zero-order valence-corrected chi connectivity index (χ0v) is 14.3. The lowest BCUT2D eigenvalue weighted by Crippen LogP contribution is -2.52. The number of nitrogens with zero attached hydrogens (tertiary/aromatic N) is 3. The Morgan fingerprint density at radius 1 is 1.04 bits per heavy atom. The van der Waals surface area contributed by atoms with Crippen molar-refractivity contribution in [1.82, 2.24) is 14.7 Å². The summed E-state index contributed by atoms with van der Waals surface area (Å²) < 4.78 is 8.13. The van der Waals surface area contributed by atoms with Gasteiger partial charge in [-0.25, -0.2) is 0 Å². The molecule has 1 aromatic carbocycles. The predicted octanol–water partition coefficient (Wildman–Crippen LogP) is 2.97. The van der Waals surface area contributed by atoms with E-state index >= 15 is 0 Å². The number of fused-ring (bicyclic) bond motifs is 3. The van der Waals surface area contributed by atoms with Gasteiger partial charge < -0.3 is 9.64 Å². The average molecular weight is 337 g/mol. The molecule has 0 N–H and O–H groups in total. The third-order valence-corrected chi connectivity index (χ3v) is 6.05. The highest BCUT2D eigenvalue weighted by atomic mass is 16.5. The highest BCUT2D eigenvalue weighted by Gasteiger charge is 2.46. The fraction of sp³-hybridized carbons (Fsp3) is 0.500. The Kier molecular flexibility index (Phi) is 3.54. The van der Waals surface area contributed by atoms with Crippen LogP contribution in [0, 0.1) is 0 Å². The monoisotopic (exact) mass is 337 g/mol. The Morgan fingerprint density at radius 2 is 1.84 bits per heavy atom. The minimum absolute atomic E-state index is 0.195. The van der Waals surface area contributed by atoms with Gasteiger partial charge in [-0.1, -0.05) is 18.2 Å². The number of aryl methyl sites for hydroxylation is 1. The third-order valence-electron chi connectivity index (χ3n) is 6.05. The van der Waals surface area contributed by atoms with Crippen LogP contribution in [0.3, 0.4) is 0 Å². The second-order valence-electron chi connectivity index (χ2n) is 7.49. The summed E-state index contributed by atoms with van der Waals surface area (Å²) in [5, 5.41) is 4.41. The molecule has 5 heteroatoms. The van der Waals surface area contributed by atoms with Gasteiger partial charge in [0.2, 0.25) is 0 Å². The van der Waals surface area contributed by atoms with Crippen molar-refractivity contribution in [2.75, 3.05) is 0 Å². The zero-order valence-electron chi connectivity index (χ0n) is 14.3. The molecule has 4 heterocycles. The molecule has 3 aliphatic rings. The van der Waals surface area contributed by atoms with E-state index in [4.69, 9.17) is 4.74 Å². The second-order valence-corrected chi connectivity index (χ2v) is 7.49. The lowest BCUT2D eigenvalue weighted by atomic mass is 9.95. The number of rotatable bonds is 2. The molecule has 0 radical (unpaired) electrons. The van der Waals surface area contributed by atoms with Crippen LogP contribution < -0.4 is 4.74 Å². The Labute approximate surface area is 147 Å². The quantitative estimate of drug-likeness (QED) is 0.846. The van der Waals surface area contributed by atoms with Crippen LogP contribution in [0.2, 0.25) is 0 Å². The average Bonchev–Trinajstić information content (AvgIpc) is 3.27. The number of carbonyl (C=O) groups is 1. The van der Waals surface area contributed by atoms with Crippen molar-refractivity contribution in [1.29, 1.82) is 0 Å². The molecule has 5 nitrogen and oxygen atoms in total. The van der Waals surface area contributed by atoms with E-state index in [1.54, 1.807) is 0 Å². The van der Waals surface area contributed by atoms with Crippen LogP contribution in [0.1, 0.15) is 43.7 Å². The molecule has 3 atom stereocenters. The number of amides is 1. The van der Waals surface area contributed by atoms with Crippen LogP contribution in [-0.2, 0) is 11.2 Å². The van der Waals surface area contributed by atoms with Crippen LogP contribution in [0.5, 0.6) is 5.75 Å². The van der Waals surface area contributed by atoms with E-state index in [1.807, 2.05) is 36.7 Å². The van der Waals surface area contributed by atoms with Gasteiger partial charge in [0.05, 0.1) is 6.04 Å². The lowest BCUT2D eigenvalue weighted by molar-refractivity contribution is -0.144. The molecule has 1 amide bonds. The first-order chi connectivity index (χ1) is 12.3. The smallest absolute Gasteiger partial charge is 0.264 e. The summed E-state index contributed by atoms with van der Waals surface area (Å²) >= 11 is 0. The van der Waals surface area contributed by atoms with Crippen LogP contribution in [0.15, 0.2) is 42.7 Å². The van der Waals surface area contributed by atoms with Crippen molar-refractivity contribution in [2.24, 2.45) is 0 Å². The Morgan fingerprint density at radius 3 is 2.60 bits per heavy atom. The van der Waals surface area contributed by atoms with Gasteiger partial charge in [-0.05, 0) is 56.2 Å². The Hall–Kier alpha value is -2.30. The first-order valence-corrected chi connectivity index (χ1v) is 9.35. The maximum Gasteiger partial charge on any atom is 0.264 e. The van der Waals surface area contributed by atoms with Crippen LogP contribution in [0.25, 0.3) is 0 Å². The van der Waals surface area contributed by atoms with Crippen molar-refractivity contribution in [3.8, 4) is 5.75 Å². The van der Waals surface area contributed by atoms with Gasteiger partial charge in [0, 0.05) is 24.5 Å². The topological polar surface area (TPSA) is 47.4 Å². The van der Waals surface area contributed by atoms with Gasteiger partial charge in [-0.15, -0.1) is 0 Å². The molecule has 2 saturated heterocycles. The van der Waals surface area contributed by atoms with Crippen LogP contribution in [0.4, 0.5) is 0 Å². The number of benzene rings is 1. The summed E-state index contributed by atoms with van der Waals surface area (Å²) in [6.45, 7) is 0. The molecular formula is C20H23N3O2. The highest BCUT2D eigenvalue weighted by Crippen LogP contribution is 2.41. The lowest BCUT2D eigenvalue weighted by Gasteiger charge is -2.41. The molecule has 2 fully saturated rings. The van der Waals surface area contributed by atoms with Crippen LogP contribution >= 0.6 is 0 Å². The molecule has 2 aromatic rings. The predicted molar refractivity (Wildman–Crippen MR) is 93.3 cm³/mol. The van der Waals surface area contributed by atoms with Gasteiger partial charge in [0.1, 0.15) is 5.75 Å². The number of para-hydroxylation sites is 1. The minimum atomic E-state index is -0.320. The van der Waals surface area contributed by atoms with Crippen molar-refractivity contribution >= 4 is 5.91 Å². The normalized spacial score (nSPS) is 30.6. The molecule has 5 rings (SSSR count). The standard InChI is InChI=1S/C20H23N3O2/c24-20(19-9-6-14-4-1-2-5-18(14)25-19)23-15-7-8-16(23)13-17(12-15)22-11-3-10-21-22/h1-5,10-11,15-17,19H,6-9,12-13H2. The zero-order chi connectivity index (χ0) is 16.8. The van der Waals surface area contributed by atoms with Gasteiger partial charge in [0.25, 0.3) is 5.91 Å². The van der Waals surface area contributed by atoms with Crippen molar-refractivity contribution < 1.29 is 9.53 Å². The number of ether oxygens (including phenoxy) is 1. The number of piperidine rings is 1. The molecule has 25 heavy (non-hydrogen) atoms.